The van der Waals surface area contributed by atoms with Crippen LogP contribution in [0.4, 0.5) is 11.5 Å². The normalized spacial score (nSPS) is 14.2. The van der Waals surface area contributed by atoms with Crippen LogP contribution >= 0.6 is 15.9 Å². The summed E-state index contributed by atoms with van der Waals surface area (Å²) in [5.41, 5.74) is 2.51. The molecule has 0 spiro atoms. The van der Waals surface area contributed by atoms with Gasteiger partial charge in [-0.3, -0.25) is 4.79 Å². The van der Waals surface area contributed by atoms with Crippen molar-refractivity contribution in [2.75, 3.05) is 18.4 Å². The number of carbonyl (C=O) groups excluding carboxylic acids is 1. The Balaban J connectivity index is 1.78. The number of hydrogen-bond donors (Lipinski definition) is 1. The average Bonchev–Trinajstić information content (AvgIpc) is 3.05. The molecular formula is C16H17BrN4O. The van der Waals surface area contributed by atoms with Gasteiger partial charge in [-0.15, -0.1) is 0 Å². The smallest absolute Gasteiger partial charge is 0.272 e. The topological polar surface area (TPSA) is 58.1 Å². The molecule has 5 nitrogen and oxygen atoms in total. The number of benzene rings is 1. The molecule has 0 unspecified atom stereocenters. The van der Waals surface area contributed by atoms with Gasteiger partial charge >= 0.3 is 0 Å². The Morgan fingerprint density at radius 3 is 2.73 bits per heavy atom. The van der Waals surface area contributed by atoms with Crippen molar-refractivity contribution in [2.24, 2.45) is 0 Å². The molecule has 0 aliphatic carbocycles. The molecule has 1 aliphatic rings. The number of nitrogens with one attached hydrogen (secondary N) is 1. The van der Waals surface area contributed by atoms with Crippen molar-refractivity contribution < 1.29 is 4.79 Å². The Morgan fingerprint density at radius 2 is 2.00 bits per heavy atom. The summed E-state index contributed by atoms with van der Waals surface area (Å²) in [6.45, 7) is 3.67. The lowest BCUT2D eigenvalue weighted by molar-refractivity contribution is 0.0787. The van der Waals surface area contributed by atoms with Crippen LogP contribution in [0.2, 0.25) is 0 Å². The summed E-state index contributed by atoms with van der Waals surface area (Å²) >= 11 is 3.51. The van der Waals surface area contributed by atoms with E-state index in [2.05, 4.69) is 31.2 Å². The molecule has 1 N–H and O–H groups in total. The van der Waals surface area contributed by atoms with Crippen molar-refractivity contribution in [2.45, 2.75) is 19.8 Å². The van der Waals surface area contributed by atoms with E-state index >= 15 is 0 Å². The Bertz CT molecular complexity index is 698. The fraction of sp³-hybridized carbons (Fsp3) is 0.312. The minimum Gasteiger partial charge on any atom is -0.340 e. The highest BCUT2D eigenvalue weighted by Gasteiger charge is 2.20. The van der Waals surface area contributed by atoms with E-state index in [0.717, 1.165) is 41.7 Å². The maximum absolute atomic E-state index is 12.4. The maximum Gasteiger partial charge on any atom is 0.272 e. The third kappa shape index (κ3) is 3.27. The van der Waals surface area contributed by atoms with Crippen LogP contribution in [0, 0.1) is 6.92 Å². The highest BCUT2D eigenvalue weighted by atomic mass is 79.9. The number of likely N-dealkylation sites (tertiary alicyclic amines) is 1. The van der Waals surface area contributed by atoms with E-state index in [4.69, 9.17) is 0 Å². The molecule has 1 aromatic heterocycles. The first-order valence-electron chi connectivity index (χ1n) is 7.28. The van der Waals surface area contributed by atoms with E-state index in [-0.39, 0.29) is 5.91 Å². The van der Waals surface area contributed by atoms with Crippen LogP contribution in [0.25, 0.3) is 0 Å². The fourth-order valence-electron chi connectivity index (χ4n) is 2.44. The molecule has 6 heteroatoms. The van der Waals surface area contributed by atoms with Crippen molar-refractivity contribution in [3.05, 3.63) is 46.3 Å². The fourth-order valence-corrected chi connectivity index (χ4v) is 2.82. The summed E-state index contributed by atoms with van der Waals surface area (Å²) in [6.07, 6.45) is 3.56. The van der Waals surface area contributed by atoms with Crippen LogP contribution in [-0.2, 0) is 0 Å². The Hall–Kier alpha value is -1.95. The third-order valence-corrected chi connectivity index (χ3v) is 4.58. The van der Waals surface area contributed by atoms with Crippen LogP contribution in [-0.4, -0.2) is 33.9 Å². The number of halogens is 1. The van der Waals surface area contributed by atoms with Gasteiger partial charge in [0.2, 0.25) is 0 Å². The van der Waals surface area contributed by atoms with E-state index in [1.165, 1.54) is 6.33 Å². The van der Waals surface area contributed by atoms with Crippen molar-refractivity contribution in [1.29, 1.82) is 0 Å². The first kappa shape index (κ1) is 15.0. The number of anilines is 2. The molecule has 2 aromatic rings. The third-order valence-electron chi connectivity index (χ3n) is 3.72. The molecule has 0 saturated carbocycles. The van der Waals surface area contributed by atoms with Gasteiger partial charge in [-0.25, -0.2) is 9.97 Å². The standard InChI is InChI=1S/C16H17BrN4O/c1-11-4-5-12(8-13(11)17)20-15-9-14(18-10-19-15)16(22)21-6-2-3-7-21/h4-5,8-10H,2-3,6-7H2,1H3,(H,18,19,20). The summed E-state index contributed by atoms with van der Waals surface area (Å²) in [6, 6.07) is 7.68. The largest absolute Gasteiger partial charge is 0.340 e. The van der Waals surface area contributed by atoms with Crippen LogP contribution in [0.3, 0.4) is 0 Å². The molecule has 22 heavy (non-hydrogen) atoms. The zero-order chi connectivity index (χ0) is 15.5. The van der Waals surface area contributed by atoms with Gasteiger partial charge in [0.15, 0.2) is 0 Å². The van der Waals surface area contributed by atoms with Gasteiger partial charge in [0, 0.05) is 29.3 Å². The van der Waals surface area contributed by atoms with E-state index < -0.39 is 0 Å². The number of nitrogens with zero attached hydrogens (tertiary/aromatic N) is 3. The van der Waals surface area contributed by atoms with E-state index in [9.17, 15) is 4.79 Å². The van der Waals surface area contributed by atoms with Crippen molar-refractivity contribution in [1.82, 2.24) is 14.9 Å². The van der Waals surface area contributed by atoms with Crippen LogP contribution in [0.5, 0.6) is 0 Å². The second-order valence-electron chi connectivity index (χ2n) is 5.38. The van der Waals surface area contributed by atoms with E-state index in [0.29, 0.717) is 11.5 Å². The number of aryl methyl sites for hydroxylation is 1. The second kappa shape index (κ2) is 6.44. The van der Waals surface area contributed by atoms with Crippen LogP contribution in [0.15, 0.2) is 35.1 Å². The lowest BCUT2D eigenvalue weighted by Gasteiger charge is -2.15. The van der Waals surface area contributed by atoms with Gasteiger partial charge in [-0.05, 0) is 37.5 Å². The Labute approximate surface area is 137 Å². The molecule has 1 aromatic carbocycles. The summed E-state index contributed by atoms with van der Waals surface area (Å²) in [4.78, 5) is 22.5. The van der Waals surface area contributed by atoms with E-state index in [1.54, 1.807) is 6.07 Å². The quantitative estimate of drug-likeness (QED) is 0.909. The molecule has 3 rings (SSSR count). The van der Waals surface area contributed by atoms with Crippen molar-refractivity contribution in [3.8, 4) is 0 Å². The minimum atomic E-state index is -0.0203. The second-order valence-corrected chi connectivity index (χ2v) is 6.23. The van der Waals surface area contributed by atoms with Gasteiger partial charge in [0.1, 0.15) is 17.8 Å². The Kier molecular flexibility index (Phi) is 4.38. The predicted octanol–water partition coefficient (Wildman–Crippen LogP) is 3.53. The van der Waals surface area contributed by atoms with Gasteiger partial charge in [-0.1, -0.05) is 22.0 Å². The highest BCUT2D eigenvalue weighted by Crippen LogP contribution is 2.23. The summed E-state index contributed by atoms with van der Waals surface area (Å²) in [7, 11) is 0. The molecule has 1 saturated heterocycles. The van der Waals surface area contributed by atoms with Gasteiger partial charge in [0.25, 0.3) is 5.91 Å². The number of carbonyl (C=O) groups is 1. The van der Waals surface area contributed by atoms with Crippen molar-refractivity contribution >= 4 is 33.3 Å². The predicted molar refractivity (Wildman–Crippen MR) is 89.3 cm³/mol. The molecular weight excluding hydrogens is 344 g/mol. The summed E-state index contributed by atoms with van der Waals surface area (Å²) in [5, 5.41) is 3.21. The summed E-state index contributed by atoms with van der Waals surface area (Å²) in [5.74, 6) is 0.598. The van der Waals surface area contributed by atoms with Gasteiger partial charge < -0.3 is 10.2 Å². The summed E-state index contributed by atoms with van der Waals surface area (Å²) < 4.78 is 1.03. The zero-order valence-electron chi connectivity index (χ0n) is 12.3. The molecule has 2 heterocycles. The van der Waals surface area contributed by atoms with Crippen LogP contribution < -0.4 is 5.32 Å². The number of aromatic nitrogens is 2. The molecule has 1 fully saturated rings. The van der Waals surface area contributed by atoms with E-state index in [1.807, 2.05) is 30.0 Å². The zero-order valence-corrected chi connectivity index (χ0v) is 13.9. The molecule has 1 aliphatic heterocycles. The highest BCUT2D eigenvalue weighted by molar-refractivity contribution is 9.10. The van der Waals surface area contributed by atoms with Crippen molar-refractivity contribution in [3.63, 3.8) is 0 Å². The Morgan fingerprint density at radius 1 is 1.23 bits per heavy atom. The number of rotatable bonds is 3. The SMILES string of the molecule is Cc1ccc(Nc2cc(C(=O)N3CCCC3)ncn2)cc1Br. The molecule has 0 bridgehead atoms. The first-order chi connectivity index (χ1) is 10.6. The average molecular weight is 361 g/mol. The lowest BCUT2D eigenvalue weighted by atomic mass is 10.2. The lowest BCUT2D eigenvalue weighted by Crippen LogP contribution is -2.28. The molecule has 0 atom stereocenters. The monoisotopic (exact) mass is 360 g/mol. The van der Waals surface area contributed by atoms with Gasteiger partial charge in [0.05, 0.1) is 0 Å². The van der Waals surface area contributed by atoms with Crippen LogP contribution in [0.1, 0.15) is 28.9 Å². The molecule has 1 amide bonds. The number of amides is 1. The minimum absolute atomic E-state index is 0.0203. The number of hydrogen-bond acceptors (Lipinski definition) is 4. The molecule has 114 valence electrons. The maximum atomic E-state index is 12.4. The van der Waals surface area contributed by atoms with Gasteiger partial charge in [-0.2, -0.15) is 0 Å². The molecule has 0 radical (unpaired) electrons. The first-order valence-corrected chi connectivity index (χ1v) is 8.07.